The highest BCUT2D eigenvalue weighted by atomic mass is 35.5. The van der Waals surface area contributed by atoms with Gasteiger partial charge >= 0.3 is 0 Å². The highest BCUT2D eigenvalue weighted by Gasteiger charge is 2.44. The molecule has 1 heterocycles. The Hall–Kier alpha value is -4.03. The van der Waals surface area contributed by atoms with E-state index in [1.165, 1.54) is 0 Å². The van der Waals surface area contributed by atoms with Crippen LogP contribution in [0.3, 0.4) is 0 Å². The SMILES string of the molecule is COc1ccc(OC)c(C2C3=C(CCCC3=O)N(c3ccc(C)c(Cl)c3)C(=N)/C2=C(/O)c2ccccc2)c1. The molecule has 2 aliphatic rings. The van der Waals surface area contributed by atoms with Crippen molar-refractivity contribution in [1.82, 2.24) is 0 Å². The molecule has 1 aliphatic heterocycles. The van der Waals surface area contributed by atoms with Crippen LogP contribution in [-0.4, -0.2) is 30.9 Å². The lowest BCUT2D eigenvalue weighted by Crippen LogP contribution is -2.42. The summed E-state index contributed by atoms with van der Waals surface area (Å²) >= 11 is 6.50. The quantitative estimate of drug-likeness (QED) is 0.341. The fourth-order valence-corrected chi connectivity index (χ4v) is 5.50. The van der Waals surface area contributed by atoms with Gasteiger partial charge in [0.1, 0.15) is 23.1 Å². The van der Waals surface area contributed by atoms with Crippen LogP contribution in [0.25, 0.3) is 5.76 Å². The first-order chi connectivity index (χ1) is 18.3. The number of Topliss-reactive ketones (excluding diaryl/α,β-unsaturated/α-hetero) is 1. The van der Waals surface area contributed by atoms with Crippen molar-refractivity contribution in [3.05, 3.63) is 105 Å². The van der Waals surface area contributed by atoms with Crippen molar-refractivity contribution in [2.24, 2.45) is 0 Å². The number of hydrogen-bond acceptors (Lipinski definition) is 5. The number of nitrogens with one attached hydrogen (secondary N) is 1. The molecule has 0 aromatic heterocycles. The fourth-order valence-electron chi connectivity index (χ4n) is 5.33. The van der Waals surface area contributed by atoms with Gasteiger partial charge in [-0.3, -0.25) is 15.1 Å². The van der Waals surface area contributed by atoms with Crippen LogP contribution in [0, 0.1) is 12.3 Å². The summed E-state index contributed by atoms with van der Waals surface area (Å²) in [6.07, 6.45) is 1.67. The van der Waals surface area contributed by atoms with Gasteiger partial charge in [-0.1, -0.05) is 48.0 Å². The molecule has 38 heavy (non-hydrogen) atoms. The van der Waals surface area contributed by atoms with Gasteiger partial charge in [0, 0.05) is 45.1 Å². The lowest BCUT2D eigenvalue weighted by Gasteiger charge is -2.42. The second-order valence-electron chi connectivity index (χ2n) is 9.42. The minimum absolute atomic E-state index is 0.0183. The van der Waals surface area contributed by atoms with Crippen LogP contribution < -0.4 is 14.4 Å². The molecule has 1 unspecified atom stereocenters. The van der Waals surface area contributed by atoms with E-state index in [9.17, 15) is 15.3 Å². The first kappa shape index (κ1) is 25.6. The number of allylic oxidation sites excluding steroid dienone is 2. The molecular formula is C31H29ClN2O4. The first-order valence-corrected chi connectivity index (χ1v) is 12.9. The standard InChI is InChI=1S/C31H29ClN2O4/c1-18-12-13-20(16-23(18)32)34-24-10-7-11-25(35)28(24)27(22-17-21(37-2)14-15-26(22)38-3)29(31(34)33)30(36)19-8-5-4-6-9-19/h4-6,8-9,12-17,27,33,36H,7,10-11H2,1-3H3/b30-29+,33-31?. The topological polar surface area (TPSA) is 82.9 Å². The third-order valence-corrected chi connectivity index (χ3v) is 7.63. The second-order valence-corrected chi connectivity index (χ2v) is 9.83. The summed E-state index contributed by atoms with van der Waals surface area (Å²) < 4.78 is 11.2. The van der Waals surface area contributed by atoms with E-state index in [0.717, 1.165) is 11.3 Å². The molecule has 0 amide bonds. The van der Waals surface area contributed by atoms with Crippen LogP contribution in [0.2, 0.25) is 5.02 Å². The number of ketones is 1. The van der Waals surface area contributed by atoms with E-state index >= 15 is 0 Å². The summed E-state index contributed by atoms with van der Waals surface area (Å²) in [7, 11) is 3.14. The van der Waals surface area contributed by atoms with Gasteiger partial charge in [-0.2, -0.15) is 0 Å². The van der Waals surface area contributed by atoms with Crippen molar-refractivity contribution in [3.63, 3.8) is 0 Å². The Labute approximate surface area is 227 Å². The number of anilines is 1. The Bertz CT molecular complexity index is 1490. The molecule has 3 aromatic rings. The van der Waals surface area contributed by atoms with E-state index in [2.05, 4.69) is 0 Å². The summed E-state index contributed by atoms with van der Waals surface area (Å²) in [5.41, 5.74) is 4.39. The largest absolute Gasteiger partial charge is 0.507 e. The van der Waals surface area contributed by atoms with Gasteiger partial charge in [0.05, 0.1) is 20.1 Å². The summed E-state index contributed by atoms with van der Waals surface area (Å²) in [6.45, 7) is 1.92. The molecule has 0 spiro atoms. The predicted molar refractivity (Wildman–Crippen MR) is 151 cm³/mol. The molecule has 194 valence electrons. The number of carbonyl (C=O) groups is 1. The predicted octanol–water partition coefficient (Wildman–Crippen LogP) is 7.22. The van der Waals surface area contributed by atoms with E-state index in [1.807, 2.05) is 43.3 Å². The Morgan fingerprint density at radius 1 is 1.03 bits per heavy atom. The third-order valence-electron chi connectivity index (χ3n) is 7.22. The molecule has 0 saturated heterocycles. The molecule has 0 bridgehead atoms. The summed E-state index contributed by atoms with van der Waals surface area (Å²) in [5, 5.41) is 21.8. The number of amidine groups is 1. The molecule has 7 heteroatoms. The number of benzene rings is 3. The summed E-state index contributed by atoms with van der Waals surface area (Å²) in [5.74, 6) is 0.388. The van der Waals surface area contributed by atoms with E-state index in [0.29, 0.717) is 63.7 Å². The van der Waals surface area contributed by atoms with Crippen molar-refractivity contribution in [1.29, 1.82) is 5.41 Å². The molecule has 0 saturated carbocycles. The number of nitrogens with zero attached hydrogens (tertiary/aromatic N) is 1. The van der Waals surface area contributed by atoms with E-state index < -0.39 is 5.92 Å². The Morgan fingerprint density at radius 2 is 1.79 bits per heavy atom. The lowest BCUT2D eigenvalue weighted by molar-refractivity contribution is -0.116. The number of aryl methyl sites for hydroxylation is 1. The van der Waals surface area contributed by atoms with Crippen molar-refractivity contribution >= 4 is 34.7 Å². The number of halogens is 1. The minimum atomic E-state index is -0.729. The van der Waals surface area contributed by atoms with Gasteiger partial charge in [0.2, 0.25) is 0 Å². The highest BCUT2D eigenvalue weighted by molar-refractivity contribution is 6.32. The maximum Gasteiger partial charge on any atom is 0.161 e. The molecule has 0 fully saturated rings. The van der Waals surface area contributed by atoms with Crippen molar-refractivity contribution in [2.75, 3.05) is 19.1 Å². The van der Waals surface area contributed by atoms with Crippen molar-refractivity contribution < 1.29 is 19.4 Å². The molecular weight excluding hydrogens is 500 g/mol. The van der Waals surface area contributed by atoms with Gasteiger partial charge in [-0.15, -0.1) is 0 Å². The zero-order chi connectivity index (χ0) is 27.0. The monoisotopic (exact) mass is 528 g/mol. The fraction of sp³-hybridized carbons (Fsp3) is 0.226. The van der Waals surface area contributed by atoms with E-state index in [4.69, 9.17) is 21.1 Å². The van der Waals surface area contributed by atoms with E-state index in [1.54, 1.807) is 49.5 Å². The van der Waals surface area contributed by atoms with Crippen molar-refractivity contribution in [3.8, 4) is 11.5 Å². The molecule has 5 rings (SSSR count). The van der Waals surface area contributed by atoms with Gasteiger partial charge in [-0.05, 0) is 55.7 Å². The average molecular weight is 529 g/mol. The highest BCUT2D eigenvalue weighted by Crippen LogP contribution is 2.50. The zero-order valence-electron chi connectivity index (χ0n) is 21.5. The maximum atomic E-state index is 13.7. The van der Waals surface area contributed by atoms with Crippen LogP contribution in [0.4, 0.5) is 5.69 Å². The van der Waals surface area contributed by atoms with Crippen LogP contribution in [0.5, 0.6) is 11.5 Å². The Morgan fingerprint density at radius 3 is 2.47 bits per heavy atom. The molecule has 2 N–H and O–H groups in total. The van der Waals surface area contributed by atoms with Crippen LogP contribution in [0.15, 0.2) is 83.6 Å². The van der Waals surface area contributed by atoms with Crippen LogP contribution >= 0.6 is 11.6 Å². The van der Waals surface area contributed by atoms with Crippen LogP contribution in [0.1, 0.15) is 41.9 Å². The van der Waals surface area contributed by atoms with Gasteiger partial charge in [0.25, 0.3) is 0 Å². The van der Waals surface area contributed by atoms with Crippen LogP contribution in [-0.2, 0) is 4.79 Å². The number of methoxy groups -OCH3 is 2. The van der Waals surface area contributed by atoms with E-state index in [-0.39, 0.29) is 17.4 Å². The number of carbonyl (C=O) groups excluding carboxylic acids is 1. The first-order valence-electron chi connectivity index (χ1n) is 12.5. The van der Waals surface area contributed by atoms with Gasteiger partial charge < -0.3 is 14.6 Å². The number of rotatable bonds is 5. The van der Waals surface area contributed by atoms with Gasteiger partial charge in [0.15, 0.2) is 5.78 Å². The molecule has 6 nitrogen and oxygen atoms in total. The summed E-state index contributed by atoms with van der Waals surface area (Å²) in [6, 6.07) is 20.1. The number of aliphatic hydroxyl groups is 1. The molecule has 0 radical (unpaired) electrons. The normalized spacial score (nSPS) is 18.8. The second kappa shape index (κ2) is 10.4. The minimum Gasteiger partial charge on any atom is -0.507 e. The van der Waals surface area contributed by atoms with Crippen molar-refractivity contribution in [2.45, 2.75) is 32.1 Å². The number of hydrogen-bond donors (Lipinski definition) is 2. The number of aliphatic hydroxyl groups excluding tert-OH is 1. The molecule has 1 aliphatic carbocycles. The number of ether oxygens (including phenoxy) is 2. The van der Waals surface area contributed by atoms with Gasteiger partial charge in [-0.25, -0.2) is 0 Å². The average Bonchev–Trinajstić information content (AvgIpc) is 2.94. The Balaban J connectivity index is 1.87. The maximum absolute atomic E-state index is 13.7. The smallest absolute Gasteiger partial charge is 0.161 e. The third kappa shape index (κ3) is 4.35. The molecule has 1 atom stereocenters. The zero-order valence-corrected chi connectivity index (χ0v) is 22.3. The molecule has 3 aromatic carbocycles. The summed E-state index contributed by atoms with van der Waals surface area (Å²) in [4.78, 5) is 15.5. The lowest BCUT2D eigenvalue weighted by atomic mass is 9.73. The Kier molecular flexibility index (Phi) is 7.00.